The van der Waals surface area contributed by atoms with Crippen molar-refractivity contribution in [2.75, 3.05) is 33.7 Å². The van der Waals surface area contributed by atoms with Gasteiger partial charge < -0.3 is 10.2 Å². The van der Waals surface area contributed by atoms with Crippen molar-refractivity contribution in [3.05, 3.63) is 0 Å². The summed E-state index contributed by atoms with van der Waals surface area (Å²) in [5, 5.41) is 2.65. The number of hydrogen-bond donors (Lipinski definition) is 2. The molecule has 17 heavy (non-hydrogen) atoms. The molecule has 0 aromatic rings. The number of sulfonamides is 1. The summed E-state index contributed by atoms with van der Waals surface area (Å²) in [6.45, 7) is 7.75. The molecule has 0 radical (unpaired) electrons. The van der Waals surface area contributed by atoms with Gasteiger partial charge in [0.25, 0.3) is 0 Å². The molecule has 0 bridgehead atoms. The predicted molar refractivity (Wildman–Crippen MR) is 72.7 cm³/mol. The topological polar surface area (TPSA) is 61.4 Å². The van der Waals surface area contributed by atoms with Crippen molar-refractivity contribution in [2.24, 2.45) is 0 Å². The Morgan fingerprint density at radius 2 is 1.82 bits per heavy atom. The van der Waals surface area contributed by atoms with Gasteiger partial charge in [-0.05, 0) is 47.5 Å². The van der Waals surface area contributed by atoms with Gasteiger partial charge in [-0.2, -0.15) is 0 Å². The molecule has 2 N–H and O–H groups in total. The van der Waals surface area contributed by atoms with E-state index in [-0.39, 0.29) is 6.04 Å². The second-order valence-electron chi connectivity index (χ2n) is 4.77. The van der Waals surface area contributed by atoms with Gasteiger partial charge in [0.15, 0.2) is 0 Å². The molecule has 2 unspecified atom stereocenters. The summed E-state index contributed by atoms with van der Waals surface area (Å²) in [4.78, 5) is 2.05. The van der Waals surface area contributed by atoms with E-state index in [0.29, 0.717) is 6.54 Å². The fourth-order valence-electron chi connectivity index (χ4n) is 1.36. The van der Waals surface area contributed by atoms with Crippen LogP contribution in [0.3, 0.4) is 0 Å². The standard InChI is InChI=1S/C11H27N3O2S/c1-6-12-9-11(3)17(15,16)13-10(2)7-8-14(4)5/h10-13H,6-9H2,1-5H3. The van der Waals surface area contributed by atoms with Crippen LogP contribution in [0.4, 0.5) is 0 Å². The first-order valence-electron chi connectivity index (χ1n) is 6.16. The second-order valence-corrected chi connectivity index (χ2v) is 6.90. The molecule has 0 rings (SSSR count). The summed E-state index contributed by atoms with van der Waals surface area (Å²) in [5.41, 5.74) is 0. The molecule has 0 fully saturated rings. The second kappa shape index (κ2) is 8.02. The summed E-state index contributed by atoms with van der Waals surface area (Å²) in [6.07, 6.45) is 0.820. The fourth-order valence-corrected chi connectivity index (χ4v) is 2.61. The van der Waals surface area contributed by atoms with E-state index in [0.717, 1.165) is 19.5 Å². The largest absolute Gasteiger partial charge is 0.316 e. The van der Waals surface area contributed by atoms with E-state index in [4.69, 9.17) is 0 Å². The van der Waals surface area contributed by atoms with Crippen LogP contribution in [0, 0.1) is 0 Å². The lowest BCUT2D eigenvalue weighted by molar-refractivity contribution is 0.378. The molecule has 0 amide bonds. The summed E-state index contributed by atoms with van der Waals surface area (Å²) >= 11 is 0. The average Bonchev–Trinajstić information content (AvgIpc) is 2.22. The molecule has 104 valence electrons. The Bertz CT molecular complexity index is 291. The Hall–Kier alpha value is -0.170. The third-order valence-corrected chi connectivity index (χ3v) is 4.54. The number of hydrogen-bond acceptors (Lipinski definition) is 4. The molecule has 0 saturated heterocycles. The van der Waals surface area contributed by atoms with Gasteiger partial charge in [0.2, 0.25) is 10.0 Å². The lowest BCUT2D eigenvalue weighted by Gasteiger charge is -2.20. The quantitative estimate of drug-likeness (QED) is 0.627. The fraction of sp³-hybridized carbons (Fsp3) is 1.00. The van der Waals surface area contributed by atoms with Crippen LogP contribution in [0.5, 0.6) is 0 Å². The summed E-state index contributed by atoms with van der Waals surface area (Å²) in [5.74, 6) is 0. The molecular formula is C11H27N3O2S. The van der Waals surface area contributed by atoms with Crippen molar-refractivity contribution in [3.8, 4) is 0 Å². The van der Waals surface area contributed by atoms with E-state index in [1.165, 1.54) is 0 Å². The van der Waals surface area contributed by atoms with Gasteiger partial charge in [0.1, 0.15) is 0 Å². The van der Waals surface area contributed by atoms with Gasteiger partial charge in [-0.3, -0.25) is 0 Å². The minimum Gasteiger partial charge on any atom is -0.316 e. The Morgan fingerprint density at radius 3 is 2.29 bits per heavy atom. The van der Waals surface area contributed by atoms with E-state index >= 15 is 0 Å². The molecule has 0 heterocycles. The third kappa shape index (κ3) is 7.70. The predicted octanol–water partition coefficient (Wildman–Crippen LogP) is 0.244. The molecule has 0 aliphatic carbocycles. The first-order valence-corrected chi connectivity index (χ1v) is 7.70. The highest BCUT2D eigenvalue weighted by atomic mass is 32.2. The lowest BCUT2D eigenvalue weighted by atomic mass is 10.2. The van der Waals surface area contributed by atoms with E-state index in [2.05, 4.69) is 10.0 Å². The van der Waals surface area contributed by atoms with Gasteiger partial charge in [0.05, 0.1) is 5.25 Å². The van der Waals surface area contributed by atoms with Crippen LogP contribution in [-0.4, -0.2) is 58.3 Å². The van der Waals surface area contributed by atoms with Crippen LogP contribution in [0.25, 0.3) is 0 Å². The maximum atomic E-state index is 11.9. The zero-order valence-corrected chi connectivity index (χ0v) is 12.5. The van der Waals surface area contributed by atoms with Crippen LogP contribution < -0.4 is 10.0 Å². The van der Waals surface area contributed by atoms with Crippen LogP contribution in [0.1, 0.15) is 27.2 Å². The van der Waals surface area contributed by atoms with Crippen molar-refractivity contribution < 1.29 is 8.42 Å². The molecular weight excluding hydrogens is 238 g/mol. The number of rotatable bonds is 9. The van der Waals surface area contributed by atoms with Crippen molar-refractivity contribution in [1.29, 1.82) is 0 Å². The molecule has 0 aliphatic heterocycles. The van der Waals surface area contributed by atoms with Crippen molar-refractivity contribution in [2.45, 2.75) is 38.5 Å². The molecule has 0 saturated carbocycles. The zero-order valence-electron chi connectivity index (χ0n) is 11.7. The minimum atomic E-state index is -3.21. The van der Waals surface area contributed by atoms with Crippen molar-refractivity contribution in [3.63, 3.8) is 0 Å². The number of nitrogens with zero attached hydrogens (tertiary/aromatic N) is 1. The lowest BCUT2D eigenvalue weighted by Crippen LogP contribution is -2.43. The van der Waals surface area contributed by atoms with Crippen molar-refractivity contribution >= 4 is 10.0 Å². The average molecular weight is 265 g/mol. The maximum Gasteiger partial charge on any atom is 0.215 e. The van der Waals surface area contributed by atoms with Crippen molar-refractivity contribution in [1.82, 2.24) is 14.9 Å². The minimum absolute atomic E-state index is 0.0218. The number of nitrogens with one attached hydrogen (secondary N) is 2. The molecule has 0 aliphatic rings. The van der Waals surface area contributed by atoms with Gasteiger partial charge in [0, 0.05) is 12.6 Å². The maximum absolute atomic E-state index is 11.9. The monoisotopic (exact) mass is 265 g/mol. The van der Waals surface area contributed by atoms with E-state index in [1.807, 2.05) is 32.8 Å². The van der Waals surface area contributed by atoms with E-state index in [1.54, 1.807) is 6.92 Å². The Balaban J connectivity index is 4.14. The first kappa shape index (κ1) is 16.8. The van der Waals surface area contributed by atoms with E-state index in [9.17, 15) is 8.42 Å². The highest BCUT2D eigenvalue weighted by Crippen LogP contribution is 2.01. The molecule has 0 spiro atoms. The van der Waals surface area contributed by atoms with E-state index < -0.39 is 15.3 Å². The highest BCUT2D eigenvalue weighted by Gasteiger charge is 2.21. The third-order valence-electron chi connectivity index (χ3n) is 2.59. The van der Waals surface area contributed by atoms with Gasteiger partial charge in [-0.1, -0.05) is 6.92 Å². The highest BCUT2D eigenvalue weighted by molar-refractivity contribution is 7.90. The van der Waals surface area contributed by atoms with Crippen LogP contribution in [0.15, 0.2) is 0 Å². The Kier molecular flexibility index (Phi) is 7.94. The normalized spacial score (nSPS) is 16.1. The molecule has 5 nitrogen and oxygen atoms in total. The van der Waals surface area contributed by atoms with Crippen LogP contribution in [0.2, 0.25) is 0 Å². The summed E-state index contributed by atoms with van der Waals surface area (Å²) < 4.78 is 26.6. The summed E-state index contributed by atoms with van der Waals surface area (Å²) in [6, 6.07) is -0.0218. The van der Waals surface area contributed by atoms with Crippen LogP contribution >= 0.6 is 0 Å². The zero-order chi connectivity index (χ0) is 13.5. The Morgan fingerprint density at radius 1 is 1.24 bits per heavy atom. The first-order chi connectivity index (χ1) is 7.79. The smallest absolute Gasteiger partial charge is 0.215 e. The summed E-state index contributed by atoms with van der Waals surface area (Å²) in [7, 11) is 0.752. The van der Waals surface area contributed by atoms with Gasteiger partial charge in [-0.15, -0.1) is 0 Å². The van der Waals surface area contributed by atoms with Gasteiger partial charge in [-0.25, -0.2) is 13.1 Å². The Labute approximate surface area is 106 Å². The van der Waals surface area contributed by atoms with Crippen LogP contribution in [-0.2, 0) is 10.0 Å². The molecule has 0 aromatic heterocycles. The SMILES string of the molecule is CCNCC(C)S(=O)(=O)NC(C)CCN(C)C. The molecule has 6 heteroatoms. The van der Waals surface area contributed by atoms with Gasteiger partial charge >= 0.3 is 0 Å². The molecule has 2 atom stereocenters. The molecule has 0 aromatic carbocycles.